The summed E-state index contributed by atoms with van der Waals surface area (Å²) in [5.74, 6) is 0.867. The first-order chi connectivity index (χ1) is 12.0. The quantitative estimate of drug-likeness (QED) is 0.452. The number of methoxy groups -OCH3 is 1. The van der Waals surface area contributed by atoms with E-state index in [9.17, 15) is 0 Å². The molecule has 0 bridgehead atoms. The van der Waals surface area contributed by atoms with Crippen LogP contribution in [0.4, 0.5) is 5.69 Å². The van der Waals surface area contributed by atoms with Crippen molar-refractivity contribution in [2.24, 2.45) is 0 Å². The summed E-state index contributed by atoms with van der Waals surface area (Å²) in [6, 6.07) is 14.5. The Morgan fingerprint density at radius 2 is 1.80 bits per heavy atom. The van der Waals surface area contributed by atoms with Crippen molar-refractivity contribution in [2.45, 2.75) is 11.8 Å². The molecular formula is C22H25NOS. The van der Waals surface area contributed by atoms with Gasteiger partial charge in [0, 0.05) is 29.6 Å². The summed E-state index contributed by atoms with van der Waals surface area (Å²) in [5.41, 5.74) is 3.60. The third kappa shape index (κ3) is 5.87. The second-order valence-electron chi connectivity index (χ2n) is 5.90. The smallest absolute Gasteiger partial charge is 0.120 e. The first-order valence-corrected chi connectivity index (χ1v) is 8.95. The van der Waals surface area contributed by atoms with Gasteiger partial charge < -0.3 is 9.64 Å². The summed E-state index contributed by atoms with van der Waals surface area (Å²) in [4.78, 5) is 4.25. The Morgan fingerprint density at radius 1 is 1.08 bits per heavy atom. The molecule has 0 N–H and O–H groups in total. The zero-order valence-electron chi connectivity index (χ0n) is 15.3. The van der Waals surface area contributed by atoms with E-state index in [4.69, 9.17) is 4.74 Å². The van der Waals surface area contributed by atoms with Gasteiger partial charge in [-0.3, -0.25) is 0 Å². The van der Waals surface area contributed by atoms with Crippen LogP contribution in [0.25, 0.3) is 6.08 Å². The van der Waals surface area contributed by atoms with Gasteiger partial charge in [0.2, 0.25) is 0 Å². The standard InChI is InChI=1S/C22H25NOS/c1-17-10-15-21(24-5)16-22(17)25-18(2)8-6-7-9-19-11-13-20(14-12-19)23(3)4/h6-16H,2H2,1,3-5H3/b8-6+,9-7+. The summed E-state index contributed by atoms with van der Waals surface area (Å²) in [5, 5.41) is 0. The summed E-state index contributed by atoms with van der Waals surface area (Å²) >= 11 is 1.65. The maximum absolute atomic E-state index is 5.29. The Labute approximate surface area is 155 Å². The van der Waals surface area contributed by atoms with Crippen LogP contribution in [-0.2, 0) is 0 Å². The SMILES string of the molecule is C=C(/C=C/C=C/c1ccc(N(C)C)cc1)Sc1cc(OC)ccc1C. The van der Waals surface area contributed by atoms with E-state index in [1.807, 2.05) is 44.5 Å². The fourth-order valence-electron chi connectivity index (χ4n) is 2.21. The van der Waals surface area contributed by atoms with E-state index in [0.717, 1.165) is 15.6 Å². The molecule has 0 amide bonds. The lowest BCUT2D eigenvalue weighted by molar-refractivity contribution is 0.413. The molecule has 0 saturated carbocycles. The Balaban J connectivity index is 1.94. The number of ether oxygens (including phenoxy) is 1. The largest absolute Gasteiger partial charge is 0.497 e. The highest BCUT2D eigenvalue weighted by molar-refractivity contribution is 8.03. The van der Waals surface area contributed by atoms with E-state index in [-0.39, 0.29) is 0 Å². The molecule has 0 aromatic heterocycles. The van der Waals surface area contributed by atoms with Crippen LogP contribution in [-0.4, -0.2) is 21.2 Å². The minimum Gasteiger partial charge on any atom is -0.497 e. The van der Waals surface area contributed by atoms with Gasteiger partial charge in [0.15, 0.2) is 0 Å². The zero-order valence-corrected chi connectivity index (χ0v) is 16.1. The number of nitrogens with zero attached hydrogens (tertiary/aromatic N) is 1. The van der Waals surface area contributed by atoms with Gasteiger partial charge in [0.25, 0.3) is 0 Å². The van der Waals surface area contributed by atoms with Gasteiger partial charge in [-0.05, 0) is 48.4 Å². The second-order valence-corrected chi connectivity index (χ2v) is 7.07. The third-order valence-electron chi connectivity index (χ3n) is 3.73. The monoisotopic (exact) mass is 351 g/mol. The van der Waals surface area contributed by atoms with Crippen LogP contribution in [0.15, 0.2) is 77.1 Å². The van der Waals surface area contributed by atoms with Crippen molar-refractivity contribution in [3.8, 4) is 5.75 Å². The first-order valence-electron chi connectivity index (χ1n) is 8.13. The number of anilines is 1. The van der Waals surface area contributed by atoms with Gasteiger partial charge in [-0.2, -0.15) is 0 Å². The van der Waals surface area contributed by atoms with Gasteiger partial charge >= 0.3 is 0 Å². The Bertz CT molecular complexity index is 773. The Morgan fingerprint density at radius 3 is 2.44 bits per heavy atom. The molecule has 0 aliphatic carbocycles. The lowest BCUT2D eigenvalue weighted by atomic mass is 10.2. The number of hydrogen-bond acceptors (Lipinski definition) is 3. The van der Waals surface area contributed by atoms with E-state index >= 15 is 0 Å². The second kappa shape index (κ2) is 9.19. The average Bonchev–Trinajstić information content (AvgIpc) is 2.61. The van der Waals surface area contributed by atoms with Crippen molar-refractivity contribution in [1.82, 2.24) is 0 Å². The van der Waals surface area contributed by atoms with Crippen LogP contribution in [0, 0.1) is 6.92 Å². The molecule has 130 valence electrons. The van der Waals surface area contributed by atoms with Gasteiger partial charge in [0.05, 0.1) is 7.11 Å². The van der Waals surface area contributed by atoms with Crippen molar-refractivity contribution >= 4 is 23.5 Å². The number of benzene rings is 2. The molecule has 2 aromatic rings. The Hall–Kier alpha value is -2.39. The zero-order chi connectivity index (χ0) is 18.2. The number of rotatable bonds is 7. The number of hydrogen-bond donors (Lipinski definition) is 0. The molecule has 0 fully saturated rings. The van der Waals surface area contributed by atoms with Gasteiger partial charge in [-0.25, -0.2) is 0 Å². The molecule has 0 spiro atoms. The molecule has 0 radical (unpaired) electrons. The molecule has 2 rings (SSSR count). The van der Waals surface area contributed by atoms with Crippen molar-refractivity contribution in [1.29, 1.82) is 0 Å². The highest BCUT2D eigenvalue weighted by Crippen LogP contribution is 2.31. The van der Waals surface area contributed by atoms with E-state index < -0.39 is 0 Å². The molecule has 0 unspecified atom stereocenters. The average molecular weight is 352 g/mol. The van der Waals surface area contributed by atoms with Crippen LogP contribution in [0.3, 0.4) is 0 Å². The highest BCUT2D eigenvalue weighted by Gasteiger charge is 2.02. The van der Waals surface area contributed by atoms with Crippen LogP contribution in [0.2, 0.25) is 0 Å². The maximum atomic E-state index is 5.29. The lowest BCUT2D eigenvalue weighted by Crippen LogP contribution is -2.07. The van der Waals surface area contributed by atoms with Crippen molar-refractivity contribution in [3.63, 3.8) is 0 Å². The predicted molar refractivity (Wildman–Crippen MR) is 112 cm³/mol. The first kappa shape index (κ1) is 18.9. The fraction of sp³-hybridized carbons (Fsp3) is 0.182. The maximum Gasteiger partial charge on any atom is 0.120 e. The molecule has 0 aliphatic heterocycles. The molecule has 2 nitrogen and oxygen atoms in total. The predicted octanol–water partition coefficient (Wildman–Crippen LogP) is 5.95. The molecule has 3 heteroatoms. The molecular weight excluding hydrogens is 326 g/mol. The molecule has 25 heavy (non-hydrogen) atoms. The number of allylic oxidation sites excluding steroid dienone is 3. The summed E-state index contributed by atoms with van der Waals surface area (Å²) in [7, 11) is 5.77. The van der Waals surface area contributed by atoms with Gasteiger partial charge in [-0.1, -0.05) is 54.8 Å². The normalized spacial score (nSPS) is 11.2. The van der Waals surface area contributed by atoms with Crippen LogP contribution in [0.1, 0.15) is 11.1 Å². The van der Waals surface area contributed by atoms with Gasteiger partial charge in [-0.15, -0.1) is 0 Å². The van der Waals surface area contributed by atoms with Crippen LogP contribution in [0.5, 0.6) is 5.75 Å². The molecule has 0 heterocycles. The third-order valence-corrected chi connectivity index (χ3v) is 4.79. The van der Waals surface area contributed by atoms with Crippen molar-refractivity contribution in [3.05, 3.63) is 83.3 Å². The number of thioether (sulfide) groups is 1. The summed E-state index contributed by atoms with van der Waals surface area (Å²) in [6.07, 6.45) is 8.17. The molecule has 0 atom stereocenters. The van der Waals surface area contributed by atoms with E-state index in [1.165, 1.54) is 16.8 Å². The molecule has 0 saturated heterocycles. The van der Waals surface area contributed by atoms with Crippen LogP contribution < -0.4 is 9.64 Å². The molecule has 2 aromatic carbocycles. The summed E-state index contributed by atoms with van der Waals surface area (Å²) in [6.45, 7) is 6.21. The van der Waals surface area contributed by atoms with Gasteiger partial charge in [0.1, 0.15) is 5.75 Å². The lowest BCUT2D eigenvalue weighted by Gasteiger charge is -2.11. The van der Waals surface area contributed by atoms with Crippen molar-refractivity contribution < 1.29 is 4.74 Å². The molecule has 0 aliphatic rings. The van der Waals surface area contributed by atoms with E-state index in [2.05, 4.69) is 54.8 Å². The number of aryl methyl sites for hydroxylation is 1. The van der Waals surface area contributed by atoms with E-state index in [0.29, 0.717) is 0 Å². The van der Waals surface area contributed by atoms with Crippen molar-refractivity contribution in [2.75, 3.05) is 26.1 Å². The van der Waals surface area contributed by atoms with E-state index in [1.54, 1.807) is 18.9 Å². The minimum absolute atomic E-state index is 0.867. The highest BCUT2D eigenvalue weighted by atomic mass is 32.2. The Kier molecular flexibility index (Phi) is 6.96. The fourth-order valence-corrected chi connectivity index (χ4v) is 3.04. The topological polar surface area (TPSA) is 12.5 Å². The summed E-state index contributed by atoms with van der Waals surface area (Å²) < 4.78 is 5.29. The van der Waals surface area contributed by atoms with Crippen LogP contribution >= 0.6 is 11.8 Å². The minimum atomic E-state index is 0.867.